The molecule has 1 heteroatoms. The minimum Gasteiger partial charge on any atom is -0.372 e. The molecule has 0 aliphatic heterocycles. The first-order chi connectivity index (χ1) is 13.3. The first-order valence-corrected chi connectivity index (χ1v) is 9.61. The van der Waals surface area contributed by atoms with Gasteiger partial charge in [-0.1, -0.05) is 79.4 Å². The largest absolute Gasteiger partial charge is 0.372 e. The van der Waals surface area contributed by atoms with Gasteiger partial charge in [-0.2, -0.15) is 0 Å². The van der Waals surface area contributed by atoms with Crippen LogP contribution in [0.5, 0.6) is 0 Å². The zero-order valence-corrected chi connectivity index (χ0v) is 16.2. The maximum Gasteiger partial charge on any atom is 0.0365 e. The van der Waals surface area contributed by atoms with Crippen LogP contribution in [0.3, 0.4) is 0 Å². The molecule has 1 nitrogen and oxygen atoms in total. The van der Waals surface area contributed by atoms with Crippen molar-refractivity contribution in [1.82, 2.24) is 0 Å². The van der Waals surface area contributed by atoms with E-state index in [-0.39, 0.29) is 0 Å². The van der Waals surface area contributed by atoms with E-state index in [4.69, 9.17) is 0 Å². The van der Waals surface area contributed by atoms with Gasteiger partial charge in [0.2, 0.25) is 0 Å². The summed E-state index contributed by atoms with van der Waals surface area (Å²) in [5.74, 6) is 0. The van der Waals surface area contributed by atoms with Gasteiger partial charge in [-0.15, -0.1) is 0 Å². The van der Waals surface area contributed by atoms with E-state index in [2.05, 4.69) is 104 Å². The zero-order chi connectivity index (χ0) is 19.1. The van der Waals surface area contributed by atoms with Gasteiger partial charge in [0.25, 0.3) is 0 Å². The molecule has 4 aromatic carbocycles. The predicted octanol–water partition coefficient (Wildman–Crippen LogP) is 7.17. The van der Waals surface area contributed by atoms with Gasteiger partial charge in [0.15, 0.2) is 0 Å². The smallest absolute Gasteiger partial charge is 0.0365 e. The summed E-state index contributed by atoms with van der Waals surface area (Å²) in [5.41, 5.74) is 2.55. The second-order valence-corrected chi connectivity index (χ2v) is 6.44. The molecular formula is C26H27N. The Labute approximate surface area is 162 Å². The molecule has 0 bridgehead atoms. The lowest BCUT2D eigenvalue weighted by atomic mass is 9.97. The van der Waals surface area contributed by atoms with Gasteiger partial charge >= 0.3 is 0 Å². The van der Waals surface area contributed by atoms with Crippen molar-refractivity contribution < 1.29 is 0 Å². The lowest BCUT2D eigenvalue weighted by Gasteiger charge is -2.20. The number of hydrogen-bond donors (Lipinski definition) is 0. The molecule has 0 spiro atoms. The highest BCUT2D eigenvalue weighted by atomic mass is 15.1. The van der Waals surface area contributed by atoms with E-state index in [0.29, 0.717) is 0 Å². The predicted molar refractivity (Wildman–Crippen MR) is 122 cm³/mol. The normalized spacial score (nSPS) is 10.3. The van der Waals surface area contributed by atoms with E-state index in [1.165, 1.54) is 32.8 Å². The Morgan fingerprint density at radius 2 is 1.19 bits per heavy atom. The maximum atomic E-state index is 3.93. The molecule has 0 saturated heterocycles. The van der Waals surface area contributed by atoms with Gasteiger partial charge in [-0.05, 0) is 59.2 Å². The molecule has 0 aliphatic carbocycles. The van der Waals surface area contributed by atoms with Crippen molar-refractivity contribution in [3.8, 4) is 0 Å². The first kappa shape index (κ1) is 18.7. The fraction of sp³-hybridized carbons (Fsp3) is 0.154. The average Bonchev–Trinajstić information content (AvgIpc) is 2.74. The lowest BCUT2D eigenvalue weighted by molar-refractivity contribution is 0.866. The van der Waals surface area contributed by atoms with Crippen LogP contribution in [0.25, 0.3) is 27.6 Å². The highest BCUT2D eigenvalue weighted by molar-refractivity contribution is 6.06. The molecule has 0 N–H and O–H groups in total. The highest BCUT2D eigenvalue weighted by Crippen LogP contribution is 2.28. The molecule has 27 heavy (non-hydrogen) atoms. The molecule has 0 radical (unpaired) electrons. The van der Waals surface area contributed by atoms with Crippen molar-refractivity contribution in [2.24, 2.45) is 0 Å². The monoisotopic (exact) mass is 353 g/mol. The van der Waals surface area contributed by atoms with Crippen molar-refractivity contribution in [2.45, 2.75) is 13.8 Å². The van der Waals surface area contributed by atoms with E-state index in [9.17, 15) is 0 Å². The van der Waals surface area contributed by atoms with E-state index in [1.807, 2.05) is 12.1 Å². The van der Waals surface area contributed by atoms with Crippen LogP contribution in [0.15, 0.2) is 91.5 Å². The van der Waals surface area contributed by atoms with Crippen molar-refractivity contribution in [3.05, 3.63) is 97.1 Å². The molecule has 0 aliphatic rings. The standard InChI is InChI=1S/C16H12.C10H15N/c1-2-14-15-9-5-3-7-12(15)11-13-8-4-6-10-16(13)14;1-3-11(4-2)10-8-6-5-7-9-10/h2-11H,1H2;5-9H,3-4H2,1-2H3. The molecular weight excluding hydrogens is 326 g/mol. The fourth-order valence-electron chi connectivity index (χ4n) is 3.50. The minimum atomic E-state index is 1.08. The van der Waals surface area contributed by atoms with Crippen molar-refractivity contribution in [1.29, 1.82) is 0 Å². The minimum absolute atomic E-state index is 1.08. The molecule has 136 valence electrons. The van der Waals surface area contributed by atoms with Crippen LogP contribution in [0.2, 0.25) is 0 Å². The van der Waals surface area contributed by atoms with Crippen LogP contribution < -0.4 is 4.90 Å². The summed E-state index contributed by atoms with van der Waals surface area (Å²) in [6.45, 7) is 10.5. The summed E-state index contributed by atoms with van der Waals surface area (Å²) in [4.78, 5) is 2.33. The Bertz CT molecular complexity index is 960. The van der Waals surface area contributed by atoms with Gasteiger partial charge < -0.3 is 4.90 Å². The molecule has 4 rings (SSSR count). The molecule has 4 aromatic rings. The Balaban J connectivity index is 0.000000168. The fourth-order valence-corrected chi connectivity index (χ4v) is 3.50. The second-order valence-electron chi connectivity index (χ2n) is 6.44. The quantitative estimate of drug-likeness (QED) is 0.352. The van der Waals surface area contributed by atoms with Crippen LogP contribution in [-0.2, 0) is 0 Å². The van der Waals surface area contributed by atoms with Crippen LogP contribution >= 0.6 is 0 Å². The summed E-state index contributed by atoms with van der Waals surface area (Å²) < 4.78 is 0. The third kappa shape index (κ3) is 4.20. The van der Waals surface area contributed by atoms with Crippen LogP contribution in [0.1, 0.15) is 19.4 Å². The number of anilines is 1. The molecule has 0 saturated carbocycles. The number of para-hydroxylation sites is 1. The lowest BCUT2D eigenvalue weighted by Crippen LogP contribution is -2.21. The Morgan fingerprint density at radius 1 is 0.704 bits per heavy atom. The third-order valence-corrected chi connectivity index (χ3v) is 4.90. The van der Waals surface area contributed by atoms with Gasteiger partial charge in [0.05, 0.1) is 0 Å². The number of benzene rings is 4. The summed E-state index contributed by atoms with van der Waals surface area (Å²) in [6.07, 6.45) is 1.95. The first-order valence-electron chi connectivity index (χ1n) is 9.61. The van der Waals surface area contributed by atoms with Crippen molar-refractivity contribution in [2.75, 3.05) is 18.0 Å². The number of fused-ring (bicyclic) bond motifs is 2. The number of nitrogens with zero attached hydrogens (tertiary/aromatic N) is 1. The average molecular weight is 354 g/mol. The zero-order valence-electron chi connectivity index (χ0n) is 16.2. The molecule has 0 fully saturated rings. The second kappa shape index (κ2) is 9.05. The topological polar surface area (TPSA) is 3.24 Å². The molecule has 0 aromatic heterocycles. The number of rotatable bonds is 4. The van der Waals surface area contributed by atoms with E-state index >= 15 is 0 Å². The molecule has 0 amide bonds. The van der Waals surface area contributed by atoms with E-state index < -0.39 is 0 Å². The van der Waals surface area contributed by atoms with Gasteiger partial charge in [-0.3, -0.25) is 0 Å². The number of hydrogen-bond acceptors (Lipinski definition) is 1. The highest BCUT2D eigenvalue weighted by Gasteiger charge is 2.03. The Kier molecular flexibility index (Phi) is 6.27. The van der Waals surface area contributed by atoms with E-state index in [0.717, 1.165) is 13.1 Å². The molecule has 0 atom stereocenters. The maximum absolute atomic E-state index is 3.93. The van der Waals surface area contributed by atoms with Crippen LogP contribution in [0.4, 0.5) is 5.69 Å². The Hall–Kier alpha value is -3.06. The Morgan fingerprint density at radius 3 is 1.67 bits per heavy atom. The summed E-state index contributed by atoms with van der Waals surface area (Å²) >= 11 is 0. The van der Waals surface area contributed by atoms with Gasteiger partial charge in [0.1, 0.15) is 0 Å². The molecule has 0 unspecified atom stereocenters. The molecule has 0 heterocycles. The third-order valence-electron chi connectivity index (χ3n) is 4.90. The summed E-state index contributed by atoms with van der Waals surface area (Å²) in [6, 6.07) is 29.6. The van der Waals surface area contributed by atoms with Gasteiger partial charge in [-0.25, -0.2) is 0 Å². The van der Waals surface area contributed by atoms with Gasteiger partial charge in [0, 0.05) is 18.8 Å². The SMILES string of the molecule is C=Cc1c2ccccc2cc2ccccc12.CCN(CC)c1ccccc1. The van der Waals surface area contributed by atoms with Crippen molar-refractivity contribution >= 4 is 33.3 Å². The van der Waals surface area contributed by atoms with Crippen molar-refractivity contribution in [3.63, 3.8) is 0 Å². The van der Waals surface area contributed by atoms with E-state index in [1.54, 1.807) is 0 Å². The summed E-state index contributed by atoms with van der Waals surface area (Å²) in [5, 5.41) is 5.10. The van der Waals surface area contributed by atoms with Crippen LogP contribution in [-0.4, -0.2) is 13.1 Å². The summed E-state index contributed by atoms with van der Waals surface area (Å²) in [7, 11) is 0. The van der Waals surface area contributed by atoms with Crippen LogP contribution in [0, 0.1) is 0 Å².